The molecule has 0 aromatic heterocycles. The Balaban J connectivity index is 2.12. The van der Waals surface area contributed by atoms with Crippen LogP contribution in [-0.2, 0) is 0 Å². The highest BCUT2D eigenvalue weighted by molar-refractivity contribution is 7.80. The summed E-state index contributed by atoms with van der Waals surface area (Å²) < 4.78 is 0. The number of thiocarbonyl (C=S) groups is 1. The Kier molecular flexibility index (Phi) is 3.16. The van der Waals surface area contributed by atoms with Crippen LogP contribution in [0.4, 0.5) is 0 Å². The van der Waals surface area contributed by atoms with E-state index < -0.39 is 0 Å². The lowest BCUT2D eigenvalue weighted by Crippen LogP contribution is -2.51. The SMILES string of the molecule is CN1NC2(CCCCCCC2)N(C)C1=S. The molecule has 1 saturated heterocycles. The molecule has 0 aromatic carbocycles. The van der Waals surface area contributed by atoms with Crippen molar-refractivity contribution < 1.29 is 0 Å². The summed E-state index contributed by atoms with van der Waals surface area (Å²) in [4.78, 5) is 2.26. The van der Waals surface area contributed by atoms with Crippen molar-refractivity contribution in [3.63, 3.8) is 0 Å². The monoisotopic (exact) mass is 227 g/mol. The molecule has 4 heteroatoms. The average molecular weight is 227 g/mol. The minimum Gasteiger partial charge on any atom is -0.331 e. The Morgan fingerprint density at radius 1 is 1.07 bits per heavy atom. The summed E-state index contributed by atoms with van der Waals surface area (Å²) in [7, 11) is 4.15. The summed E-state index contributed by atoms with van der Waals surface area (Å²) in [5.41, 5.74) is 3.67. The fourth-order valence-electron chi connectivity index (χ4n) is 2.78. The second-order valence-corrected chi connectivity index (χ2v) is 5.18. The minimum absolute atomic E-state index is 0.117. The van der Waals surface area contributed by atoms with Crippen LogP contribution < -0.4 is 5.43 Å². The number of nitrogens with zero attached hydrogens (tertiary/aromatic N) is 2. The Labute approximate surface area is 97.8 Å². The molecule has 2 fully saturated rings. The molecule has 2 aliphatic rings. The molecule has 1 saturated carbocycles. The fourth-order valence-corrected chi connectivity index (χ4v) is 3.00. The maximum Gasteiger partial charge on any atom is 0.187 e. The van der Waals surface area contributed by atoms with Gasteiger partial charge in [-0.3, -0.25) is 5.01 Å². The van der Waals surface area contributed by atoms with Crippen molar-refractivity contribution in [3.8, 4) is 0 Å². The first kappa shape index (κ1) is 11.1. The summed E-state index contributed by atoms with van der Waals surface area (Å²) in [6.45, 7) is 0. The third-order valence-electron chi connectivity index (χ3n) is 3.77. The maximum atomic E-state index is 5.39. The van der Waals surface area contributed by atoms with E-state index in [0.29, 0.717) is 0 Å². The van der Waals surface area contributed by atoms with Gasteiger partial charge in [0, 0.05) is 14.1 Å². The molecular weight excluding hydrogens is 206 g/mol. The number of rotatable bonds is 0. The van der Waals surface area contributed by atoms with E-state index in [1.807, 2.05) is 12.1 Å². The van der Waals surface area contributed by atoms with Gasteiger partial charge in [-0.2, -0.15) is 0 Å². The lowest BCUT2D eigenvalue weighted by atomic mass is 9.91. The molecule has 1 spiro atoms. The van der Waals surface area contributed by atoms with Gasteiger partial charge in [-0.25, -0.2) is 5.43 Å². The second kappa shape index (κ2) is 4.26. The molecule has 1 N–H and O–H groups in total. The van der Waals surface area contributed by atoms with E-state index in [2.05, 4.69) is 17.4 Å². The van der Waals surface area contributed by atoms with Crippen LogP contribution in [-0.4, -0.2) is 34.8 Å². The Bertz CT molecular complexity index is 246. The maximum absolute atomic E-state index is 5.39. The van der Waals surface area contributed by atoms with E-state index in [1.54, 1.807) is 0 Å². The molecule has 1 aliphatic carbocycles. The van der Waals surface area contributed by atoms with Crippen LogP contribution in [0.15, 0.2) is 0 Å². The van der Waals surface area contributed by atoms with Gasteiger partial charge in [-0.15, -0.1) is 0 Å². The van der Waals surface area contributed by atoms with Gasteiger partial charge in [0.1, 0.15) is 5.66 Å². The van der Waals surface area contributed by atoms with Crippen molar-refractivity contribution in [1.82, 2.24) is 15.3 Å². The predicted molar refractivity (Wildman–Crippen MR) is 66.3 cm³/mol. The highest BCUT2D eigenvalue weighted by Gasteiger charge is 2.43. The first-order valence-corrected chi connectivity index (χ1v) is 6.36. The van der Waals surface area contributed by atoms with Crippen molar-refractivity contribution in [2.75, 3.05) is 14.1 Å². The second-order valence-electron chi connectivity index (χ2n) is 4.81. The zero-order valence-electron chi connectivity index (χ0n) is 9.75. The molecule has 0 amide bonds. The highest BCUT2D eigenvalue weighted by atomic mass is 32.1. The molecule has 0 bridgehead atoms. The van der Waals surface area contributed by atoms with Gasteiger partial charge in [0.05, 0.1) is 0 Å². The van der Waals surface area contributed by atoms with E-state index in [0.717, 1.165) is 5.11 Å². The number of nitrogens with one attached hydrogen (secondary N) is 1. The lowest BCUT2D eigenvalue weighted by molar-refractivity contribution is 0.116. The Morgan fingerprint density at radius 3 is 2.07 bits per heavy atom. The van der Waals surface area contributed by atoms with Gasteiger partial charge in [0.15, 0.2) is 5.11 Å². The number of hydrogen-bond acceptors (Lipinski definition) is 2. The van der Waals surface area contributed by atoms with Crippen LogP contribution in [0.5, 0.6) is 0 Å². The smallest absolute Gasteiger partial charge is 0.187 e. The lowest BCUT2D eigenvalue weighted by Gasteiger charge is -2.36. The molecule has 0 unspecified atom stereocenters. The number of hydrogen-bond donors (Lipinski definition) is 1. The van der Waals surface area contributed by atoms with Gasteiger partial charge < -0.3 is 4.90 Å². The quantitative estimate of drug-likeness (QED) is 0.639. The van der Waals surface area contributed by atoms with Crippen molar-refractivity contribution in [2.45, 2.75) is 50.6 Å². The fraction of sp³-hybridized carbons (Fsp3) is 0.909. The normalized spacial score (nSPS) is 26.9. The van der Waals surface area contributed by atoms with E-state index >= 15 is 0 Å². The summed E-state index contributed by atoms with van der Waals surface area (Å²) >= 11 is 5.39. The van der Waals surface area contributed by atoms with Crippen LogP contribution in [0, 0.1) is 0 Å². The largest absolute Gasteiger partial charge is 0.331 e. The zero-order valence-corrected chi connectivity index (χ0v) is 10.6. The van der Waals surface area contributed by atoms with E-state index in [-0.39, 0.29) is 5.66 Å². The highest BCUT2D eigenvalue weighted by Crippen LogP contribution is 2.32. The summed E-state index contributed by atoms with van der Waals surface area (Å²) in [6, 6.07) is 0. The van der Waals surface area contributed by atoms with Crippen LogP contribution in [0.2, 0.25) is 0 Å². The summed E-state index contributed by atoms with van der Waals surface area (Å²) in [5, 5.41) is 2.92. The molecule has 0 aromatic rings. The molecular formula is C11H21N3S. The van der Waals surface area contributed by atoms with Gasteiger partial charge in [0.2, 0.25) is 0 Å². The Hall–Kier alpha value is -0.350. The first-order chi connectivity index (χ1) is 7.16. The third-order valence-corrected chi connectivity index (χ3v) is 4.32. The van der Waals surface area contributed by atoms with Crippen LogP contribution in [0.3, 0.4) is 0 Å². The molecule has 15 heavy (non-hydrogen) atoms. The average Bonchev–Trinajstić information content (AvgIpc) is 2.39. The van der Waals surface area contributed by atoms with Crippen LogP contribution in [0.25, 0.3) is 0 Å². The zero-order chi connectivity index (χ0) is 10.9. The van der Waals surface area contributed by atoms with Gasteiger partial charge in [-0.1, -0.05) is 19.3 Å². The molecule has 86 valence electrons. The van der Waals surface area contributed by atoms with Crippen LogP contribution >= 0.6 is 12.2 Å². The molecule has 3 nitrogen and oxygen atoms in total. The molecule has 1 aliphatic heterocycles. The minimum atomic E-state index is 0.117. The molecule has 1 heterocycles. The van der Waals surface area contributed by atoms with Crippen LogP contribution in [0.1, 0.15) is 44.9 Å². The molecule has 2 rings (SSSR count). The van der Waals surface area contributed by atoms with Crippen molar-refractivity contribution in [2.24, 2.45) is 0 Å². The molecule has 0 atom stereocenters. The third kappa shape index (κ3) is 1.97. The van der Waals surface area contributed by atoms with E-state index in [9.17, 15) is 0 Å². The number of hydrazine groups is 1. The summed E-state index contributed by atoms with van der Waals surface area (Å²) in [6.07, 6.45) is 9.20. The standard InChI is InChI=1S/C11H21N3S/c1-13-10(15)14(2)12-11(13)8-6-4-3-5-7-9-11/h12H,3-9H2,1-2H3. The topological polar surface area (TPSA) is 18.5 Å². The Morgan fingerprint density at radius 2 is 1.60 bits per heavy atom. The van der Waals surface area contributed by atoms with Crippen molar-refractivity contribution in [3.05, 3.63) is 0 Å². The first-order valence-electron chi connectivity index (χ1n) is 5.95. The van der Waals surface area contributed by atoms with Crippen molar-refractivity contribution >= 4 is 17.3 Å². The van der Waals surface area contributed by atoms with Gasteiger partial charge in [0.25, 0.3) is 0 Å². The van der Waals surface area contributed by atoms with Crippen molar-refractivity contribution in [1.29, 1.82) is 0 Å². The summed E-state index contributed by atoms with van der Waals surface area (Å²) in [5.74, 6) is 0. The van der Waals surface area contributed by atoms with E-state index in [4.69, 9.17) is 12.2 Å². The van der Waals surface area contributed by atoms with Gasteiger partial charge >= 0.3 is 0 Å². The molecule has 0 radical (unpaired) electrons. The van der Waals surface area contributed by atoms with E-state index in [1.165, 1.54) is 44.9 Å². The predicted octanol–water partition coefficient (Wildman–Crippen LogP) is 2.09. The van der Waals surface area contributed by atoms with Gasteiger partial charge in [-0.05, 0) is 37.9 Å².